The fourth-order valence-electron chi connectivity index (χ4n) is 4.68. The maximum Gasteiger partial charge on any atom is 0.266 e. The highest BCUT2D eigenvalue weighted by Crippen LogP contribution is 2.25. The summed E-state index contributed by atoms with van der Waals surface area (Å²) in [6.45, 7) is 6.45. The number of nitrogens with one attached hydrogen (secondary N) is 1. The van der Waals surface area contributed by atoms with E-state index in [-0.39, 0.29) is 17.2 Å². The molecule has 1 saturated heterocycles. The molecular weight excluding hydrogens is 480 g/mol. The van der Waals surface area contributed by atoms with Gasteiger partial charge in [0.15, 0.2) is 5.16 Å². The van der Waals surface area contributed by atoms with Gasteiger partial charge in [0, 0.05) is 24.5 Å². The van der Waals surface area contributed by atoms with Crippen LogP contribution in [0.2, 0.25) is 0 Å². The third kappa shape index (κ3) is 5.72. The number of hydrogen-bond acceptors (Lipinski definition) is 5. The molecule has 0 unspecified atom stereocenters. The molecule has 6 nitrogen and oxygen atoms in total. The van der Waals surface area contributed by atoms with Gasteiger partial charge >= 0.3 is 0 Å². The highest BCUT2D eigenvalue weighted by atomic mass is 32.2. The Morgan fingerprint density at radius 3 is 2.30 bits per heavy atom. The van der Waals surface area contributed by atoms with Crippen LogP contribution >= 0.6 is 11.8 Å². The molecule has 4 aromatic rings. The number of carbonyl (C=O) groups is 1. The van der Waals surface area contributed by atoms with Crippen molar-refractivity contribution >= 4 is 39.9 Å². The van der Waals surface area contributed by atoms with Gasteiger partial charge in [0.05, 0.1) is 22.3 Å². The summed E-state index contributed by atoms with van der Waals surface area (Å²) >= 11 is 1.27. The maximum absolute atomic E-state index is 13.5. The van der Waals surface area contributed by atoms with E-state index in [0.29, 0.717) is 22.0 Å². The van der Waals surface area contributed by atoms with Gasteiger partial charge in [-0.1, -0.05) is 49.9 Å². The van der Waals surface area contributed by atoms with Crippen molar-refractivity contribution in [1.82, 2.24) is 9.55 Å². The molecule has 37 heavy (non-hydrogen) atoms. The third-order valence-electron chi connectivity index (χ3n) is 6.77. The van der Waals surface area contributed by atoms with Gasteiger partial charge in [-0.3, -0.25) is 14.2 Å². The molecule has 0 bridgehead atoms. The van der Waals surface area contributed by atoms with Crippen LogP contribution in [0.5, 0.6) is 0 Å². The molecule has 1 aromatic heterocycles. The first kappa shape index (κ1) is 25.1. The van der Waals surface area contributed by atoms with E-state index >= 15 is 0 Å². The summed E-state index contributed by atoms with van der Waals surface area (Å²) in [5.41, 5.74) is 4.38. The first-order valence-corrected chi connectivity index (χ1v) is 13.9. The van der Waals surface area contributed by atoms with Crippen LogP contribution in [0.1, 0.15) is 44.6 Å². The number of hydrogen-bond donors (Lipinski definition) is 1. The average Bonchev–Trinajstić information content (AvgIpc) is 2.93. The molecule has 5 rings (SSSR count). The molecule has 1 fully saturated rings. The molecule has 0 aliphatic carbocycles. The summed E-state index contributed by atoms with van der Waals surface area (Å²) in [6.07, 6.45) is 3.75. The van der Waals surface area contributed by atoms with Crippen LogP contribution in [0.15, 0.2) is 82.7 Å². The summed E-state index contributed by atoms with van der Waals surface area (Å²) in [5.74, 6) is 0.398. The fourth-order valence-corrected chi connectivity index (χ4v) is 5.49. The van der Waals surface area contributed by atoms with Crippen molar-refractivity contribution < 1.29 is 4.79 Å². The molecule has 190 valence electrons. The smallest absolute Gasteiger partial charge is 0.266 e. The Morgan fingerprint density at radius 2 is 1.59 bits per heavy atom. The normalized spacial score (nSPS) is 13.8. The molecule has 2 heterocycles. The summed E-state index contributed by atoms with van der Waals surface area (Å²) in [5, 5.41) is 4.03. The van der Waals surface area contributed by atoms with E-state index in [0.717, 1.165) is 24.5 Å². The van der Waals surface area contributed by atoms with Crippen molar-refractivity contribution in [1.29, 1.82) is 0 Å². The van der Waals surface area contributed by atoms with Gasteiger partial charge in [-0.2, -0.15) is 0 Å². The molecule has 1 aliphatic rings. The molecule has 7 heteroatoms. The number of anilines is 2. The van der Waals surface area contributed by atoms with Gasteiger partial charge in [-0.25, -0.2) is 4.98 Å². The van der Waals surface area contributed by atoms with Crippen LogP contribution in [0.4, 0.5) is 11.4 Å². The molecule has 1 amide bonds. The molecule has 0 atom stereocenters. The number of piperidine rings is 1. The van der Waals surface area contributed by atoms with E-state index in [4.69, 9.17) is 4.98 Å². The number of benzene rings is 3. The number of aromatic nitrogens is 2. The van der Waals surface area contributed by atoms with Crippen molar-refractivity contribution in [2.75, 3.05) is 29.1 Å². The topological polar surface area (TPSA) is 67.2 Å². The lowest BCUT2D eigenvalue weighted by molar-refractivity contribution is -0.113. The highest BCUT2D eigenvalue weighted by molar-refractivity contribution is 7.99. The zero-order valence-corrected chi connectivity index (χ0v) is 22.1. The van der Waals surface area contributed by atoms with E-state index < -0.39 is 0 Å². The predicted octanol–water partition coefficient (Wildman–Crippen LogP) is 6.23. The third-order valence-corrected chi connectivity index (χ3v) is 7.71. The Balaban J connectivity index is 1.34. The van der Waals surface area contributed by atoms with Crippen molar-refractivity contribution in [2.24, 2.45) is 0 Å². The lowest BCUT2D eigenvalue weighted by atomic mass is 10.0. The molecule has 0 saturated carbocycles. The van der Waals surface area contributed by atoms with Gasteiger partial charge in [0.2, 0.25) is 5.91 Å². The molecule has 1 aliphatic heterocycles. The Kier molecular flexibility index (Phi) is 7.60. The minimum atomic E-state index is -0.140. The summed E-state index contributed by atoms with van der Waals surface area (Å²) in [6, 6.07) is 23.3. The highest BCUT2D eigenvalue weighted by Gasteiger charge is 2.16. The second-order valence-electron chi connectivity index (χ2n) is 9.73. The van der Waals surface area contributed by atoms with E-state index in [9.17, 15) is 9.59 Å². The molecule has 0 radical (unpaired) electrons. The van der Waals surface area contributed by atoms with Gasteiger partial charge in [-0.15, -0.1) is 0 Å². The number of nitrogens with zero attached hydrogens (tertiary/aromatic N) is 3. The SMILES string of the molecule is CC(C)c1ccc(-n2c(SCC(=O)Nc3ccc(N4CCCCC4)cc3)nc3ccccc3c2=O)cc1. The lowest BCUT2D eigenvalue weighted by Gasteiger charge is -2.28. The van der Waals surface area contributed by atoms with Crippen molar-refractivity contribution in [2.45, 2.75) is 44.2 Å². The quantitative estimate of drug-likeness (QED) is 0.235. The Bertz CT molecular complexity index is 1440. The fraction of sp³-hybridized carbons (Fsp3) is 0.300. The first-order valence-electron chi connectivity index (χ1n) is 12.9. The maximum atomic E-state index is 13.5. The van der Waals surface area contributed by atoms with E-state index in [1.54, 1.807) is 10.6 Å². The van der Waals surface area contributed by atoms with Crippen LogP contribution in [-0.2, 0) is 4.79 Å². The average molecular weight is 513 g/mol. The zero-order valence-electron chi connectivity index (χ0n) is 21.3. The number of amides is 1. The van der Waals surface area contributed by atoms with Crippen molar-refractivity contribution in [3.05, 3.63) is 88.7 Å². The number of carbonyl (C=O) groups excluding carboxylic acids is 1. The Hall–Kier alpha value is -3.58. The van der Waals surface area contributed by atoms with Crippen LogP contribution in [0, 0.1) is 0 Å². The summed E-state index contributed by atoms with van der Waals surface area (Å²) < 4.78 is 1.61. The predicted molar refractivity (Wildman–Crippen MR) is 153 cm³/mol. The Morgan fingerprint density at radius 1 is 0.919 bits per heavy atom. The number of rotatable bonds is 7. The van der Waals surface area contributed by atoms with E-state index in [2.05, 4.69) is 36.2 Å². The van der Waals surface area contributed by atoms with Crippen molar-refractivity contribution in [3.8, 4) is 5.69 Å². The van der Waals surface area contributed by atoms with Crippen LogP contribution in [0.3, 0.4) is 0 Å². The van der Waals surface area contributed by atoms with E-state index in [1.165, 1.54) is 42.3 Å². The van der Waals surface area contributed by atoms with Gasteiger partial charge in [-0.05, 0) is 79.3 Å². The minimum absolute atomic E-state index is 0.139. The summed E-state index contributed by atoms with van der Waals surface area (Å²) in [7, 11) is 0. The van der Waals surface area contributed by atoms with Gasteiger partial charge in [0.25, 0.3) is 5.56 Å². The zero-order chi connectivity index (χ0) is 25.8. The second kappa shape index (κ2) is 11.2. The monoisotopic (exact) mass is 512 g/mol. The molecule has 0 spiro atoms. The first-order chi connectivity index (χ1) is 18.0. The largest absolute Gasteiger partial charge is 0.372 e. The standard InChI is InChI=1S/C30H32N4O2S/c1-21(2)22-10-14-25(15-11-22)34-29(36)26-8-4-5-9-27(26)32-30(34)37-20-28(35)31-23-12-16-24(17-13-23)33-18-6-3-7-19-33/h4-5,8-17,21H,3,6-7,18-20H2,1-2H3,(H,31,35). The van der Waals surface area contributed by atoms with E-state index in [1.807, 2.05) is 54.6 Å². The number of fused-ring (bicyclic) bond motifs is 1. The number of thioether (sulfide) groups is 1. The van der Waals surface area contributed by atoms with Gasteiger partial charge < -0.3 is 10.2 Å². The molecule has 3 aromatic carbocycles. The minimum Gasteiger partial charge on any atom is -0.372 e. The summed E-state index contributed by atoms with van der Waals surface area (Å²) in [4.78, 5) is 33.4. The Labute approximate surface area is 221 Å². The lowest BCUT2D eigenvalue weighted by Crippen LogP contribution is -2.29. The van der Waals surface area contributed by atoms with Crippen LogP contribution in [0.25, 0.3) is 16.6 Å². The molecule has 1 N–H and O–H groups in total. The number of para-hydroxylation sites is 1. The molecular formula is C30H32N4O2S. The van der Waals surface area contributed by atoms with Crippen molar-refractivity contribution in [3.63, 3.8) is 0 Å². The second-order valence-corrected chi connectivity index (χ2v) is 10.7. The van der Waals surface area contributed by atoms with Crippen LogP contribution < -0.4 is 15.8 Å². The van der Waals surface area contributed by atoms with Crippen LogP contribution in [-0.4, -0.2) is 34.3 Å². The van der Waals surface area contributed by atoms with Gasteiger partial charge in [0.1, 0.15) is 0 Å².